The summed E-state index contributed by atoms with van der Waals surface area (Å²) in [4.78, 5) is 22.9. The maximum Gasteiger partial charge on any atom is 0.270 e. The quantitative estimate of drug-likeness (QED) is 0.269. The van der Waals surface area contributed by atoms with Crippen LogP contribution in [-0.2, 0) is 28.7 Å². The van der Waals surface area contributed by atoms with Crippen LogP contribution in [0.1, 0.15) is 80.3 Å². The van der Waals surface area contributed by atoms with Crippen molar-refractivity contribution in [3.8, 4) is 5.75 Å². The van der Waals surface area contributed by atoms with Crippen molar-refractivity contribution < 1.29 is 23.1 Å². The van der Waals surface area contributed by atoms with E-state index < -0.39 is 5.92 Å². The lowest BCUT2D eigenvalue weighted by atomic mass is 10.0. The molecule has 4 nitrogen and oxygen atoms in total. The van der Waals surface area contributed by atoms with Crippen LogP contribution < -0.4 is 10.1 Å². The van der Waals surface area contributed by atoms with Gasteiger partial charge in [-0.1, -0.05) is 64.8 Å². The number of hydrogen-bond acceptors (Lipinski definition) is 4. The Bertz CT molecular complexity index is 1050. The van der Waals surface area contributed by atoms with E-state index >= 15 is 0 Å². The fourth-order valence-corrected chi connectivity index (χ4v) is 4.18. The van der Waals surface area contributed by atoms with Gasteiger partial charge < -0.3 is 14.8 Å². The highest BCUT2D eigenvalue weighted by Gasteiger charge is 2.23. The number of rotatable bonds is 10. The number of halogens is 2. The van der Waals surface area contributed by atoms with Gasteiger partial charge in [0.2, 0.25) is 5.91 Å². The standard InChI is InChI=1S/C23H29F2NO2.C6H8S.C2H6.CH2O/c1-4-5-7-17(2)22(27)26-15-18-8-6-9-19(14-18)16-28-21-12-10-20(11-13-21)23(3,24)25;1-5-3-4-6(2)7-5;2*1-2/h6,8-14,17H,4-5,7,15-16H2,1-3H3,(H,26,27);3-4H,1-2H3;1-2H3;1H2. The fraction of sp³-hybridized carbons (Fsp3) is 0.438. The number of amides is 1. The van der Waals surface area contributed by atoms with Gasteiger partial charge in [-0.3, -0.25) is 4.79 Å². The molecule has 1 N–H and O–H groups in total. The molecule has 7 heteroatoms. The lowest BCUT2D eigenvalue weighted by Gasteiger charge is -2.13. The second-order valence-corrected chi connectivity index (χ2v) is 10.4. The van der Waals surface area contributed by atoms with Crippen LogP contribution in [0.2, 0.25) is 0 Å². The maximum absolute atomic E-state index is 13.3. The largest absolute Gasteiger partial charge is 0.489 e. The zero-order chi connectivity index (χ0) is 29.8. The van der Waals surface area contributed by atoms with Crippen molar-refractivity contribution in [2.45, 2.75) is 86.8 Å². The van der Waals surface area contributed by atoms with Gasteiger partial charge in [-0.2, -0.15) is 0 Å². The van der Waals surface area contributed by atoms with E-state index in [4.69, 9.17) is 9.53 Å². The average molecular weight is 562 g/mol. The van der Waals surface area contributed by atoms with Crippen LogP contribution in [0.15, 0.2) is 60.7 Å². The fourth-order valence-electron chi connectivity index (χ4n) is 3.40. The van der Waals surface area contributed by atoms with Crippen molar-refractivity contribution in [1.82, 2.24) is 5.32 Å². The van der Waals surface area contributed by atoms with E-state index in [1.165, 1.54) is 21.9 Å². The minimum atomic E-state index is -2.86. The summed E-state index contributed by atoms with van der Waals surface area (Å²) in [7, 11) is 0. The Labute approximate surface area is 237 Å². The molecule has 2 aromatic carbocycles. The van der Waals surface area contributed by atoms with Gasteiger partial charge in [-0.15, -0.1) is 11.3 Å². The number of ether oxygens (including phenoxy) is 1. The Morgan fingerprint density at radius 3 is 2.05 bits per heavy atom. The van der Waals surface area contributed by atoms with Crippen molar-refractivity contribution in [3.05, 3.63) is 87.1 Å². The molecule has 0 saturated carbocycles. The Morgan fingerprint density at radius 1 is 1.00 bits per heavy atom. The van der Waals surface area contributed by atoms with Crippen molar-refractivity contribution in [2.24, 2.45) is 5.92 Å². The summed E-state index contributed by atoms with van der Waals surface area (Å²) in [5.74, 6) is -2.23. The first-order valence-electron chi connectivity index (χ1n) is 13.4. The van der Waals surface area contributed by atoms with E-state index in [9.17, 15) is 13.6 Å². The Kier molecular flexibility index (Phi) is 18.4. The first-order valence-corrected chi connectivity index (χ1v) is 14.2. The molecule has 3 rings (SSSR count). The number of hydrogen-bond donors (Lipinski definition) is 1. The van der Waals surface area contributed by atoms with E-state index in [1.54, 1.807) is 12.1 Å². The average Bonchev–Trinajstić information content (AvgIpc) is 3.33. The molecule has 0 fully saturated rings. The number of carbonyl (C=O) groups excluding carboxylic acids is 2. The van der Waals surface area contributed by atoms with E-state index in [0.29, 0.717) is 18.9 Å². The molecular weight excluding hydrogens is 516 g/mol. The van der Waals surface area contributed by atoms with Crippen LogP contribution in [0.4, 0.5) is 8.78 Å². The normalized spacial score (nSPS) is 10.9. The van der Waals surface area contributed by atoms with Gasteiger partial charge in [-0.25, -0.2) is 8.78 Å². The molecule has 1 aromatic heterocycles. The lowest BCUT2D eigenvalue weighted by Crippen LogP contribution is -2.28. The molecule has 1 atom stereocenters. The first-order chi connectivity index (χ1) is 18.6. The number of aryl methyl sites for hydroxylation is 2. The zero-order valence-corrected chi connectivity index (χ0v) is 25.3. The molecule has 1 unspecified atom stereocenters. The van der Waals surface area contributed by atoms with Gasteiger partial charge in [0.25, 0.3) is 5.92 Å². The summed E-state index contributed by atoms with van der Waals surface area (Å²) in [6.45, 7) is 16.0. The number of alkyl halides is 2. The predicted molar refractivity (Wildman–Crippen MR) is 160 cm³/mol. The molecule has 39 heavy (non-hydrogen) atoms. The molecule has 0 bridgehead atoms. The molecule has 3 aromatic rings. The van der Waals surface area contributed by atoms with Crippen LogP contribution in [0.3, 0.4) is 0 Å². The Hall–Kier alpha value is -3.06. The highest BCUT2D eigenvalue weighted by Crippen LogP contribution is 2.28. The van der Waals surface area contributed by atoms with Gasteiger partial charge >= 0.3 is 0 Å². The number of benzene rings is 2. The second kappa shape index (κ2) is 19.9. The van der Waals surface area contributed by atoms with Crippen LogP contribution in [0.5, 0.6) is 5.75 Å². The third kappa shape index (κ3) is 15.2. The predicted octanol–water partition coefficient (Wildman–Crippen LogP) is 9.03. The number of unbranched alkanes of at least 4 members (excludes halogenated alkanes) is 1. The molecule has 0 spiro atoms. The van der Waals surface area contributed by atoms with Gasteiger partial charge in [-0.05, 0) is 67.8 Å². The van der Waals surface area contributed by atoms with Crippen molar-refractivity contribution in [2.75, 3.05) is 0 Å². The van der Waals surface area contributed by atoms with Gasteiger partial charge in [0.05, 0.1) is 0 Å². The van der Waals surface area contributed by atoms with Crippen LogP contribution in [-0.4, -0.2) is 12.7 Å². The molecule has 0 aliphatic rings. The minimum Gasteiger partial charge on any atom is -0.489 e. The monoisotopic (exact) mass is 561 g/mol. The van der Waals surface area contributed by atoms with Crippen LogP contribution in [0.25, 0.3) is 0 Å². The molecule has 0 saturated heterocycles. The van der Waals surface area contributed by atoms with Crippen LogP contribution >= 0.6 is 11.3 Å². The van der Waals surface area contributed by atoms with Gasteiger partial charge in [0, 0.05) is 34.7 Å². The molecule has 0 aliphatic heterocycles. The Morgan fingerprint density at radius 2 is 1.56 bits per heavy atom. The summed E-state index contributed by atoms with van der Waals surface area (Å²) in [5.41, 5.74) is 1.92. The first kappa shape index (κ1) is 35.9. The zero-order valence-electron chi connectivity index (χ0n) is 24.5. The highest BCUT2D eigenvalue weighted by molar-refractivity contribution is 7.11. The topological polar surface area (TPSA) is 55.4 Å². The SMILES string of the molecule is C=O.CC.CCCCC(C)C(=O)NCc1cccc(COc2ccc(C(C)(F)F)cc2)c1.Cc1ccc(C)s1. The van der Waals surface area contributed by atoms with Crippen molar-refractivity contribution >= 4 is 24.0 Å². The number of carbonyl (C=O) groups is 2. The molecular formula is C32H45F2NO3S. The van der Waals surface area contributed by atoms with Crippen molar-refractivity contribution in [3.63, 3.8) is 0 Å². The lowest BCUT2D eigenvalue weighted by molar-refractivity contribution is -0.124. The van der Waals surface area contributed by atoms with Gasteiger partial charge in [0.1, 0.15) is 19.1 Å². The van der Waals surface area contributed by atoms with Crippen molar-refractivity contribution in [1.29, 1.82) is 0 Å². The summed E-state index contributed by atoms with van der Waals surface area (Å²) in [6.07, 6.45) is 3.04. The molecule has 1 heterocycles. The van der Waals surface area contributed by atoms with E-state index in [1.807, 2.05) is 63.2 Å². The number of nitrogens with one attached hydrogen (secondary N) is 1. The van der Waals surface area contributed by atoms with E-state index in [2.05, 4.69) is 38.2 Å². The maximum atomic E-state index is 13.3. The minimum absolute atomic E-state index is 0.0185. The third-order valence-electron chi connectivity index (χ3n) is 5.54. The Balaban J connectivity index is 0.00000111. The van der Waals surface area contributed by atoms with E-state index in [0.717, 1.165) is 37.3 Å². The molecule has 0 radical (unpaired) electrons. The van der Waals surface area contributed by atoms with Gasteiger partial charge in [0.15, 0.2) is 0 Å². The summed E-state index contributed by atoms with van der Waals surface area (Å²) < 4.78 is 32.2. The third-order valence-corrected chi connectivity index (χ3v) is 6.45. The second-order valence-electron chi connectivity index (χ2n) is 8.94. The molecule has 216 valence electrons. The van der Waals surface area contributed by atoms with E-state index in [-0.39, 0.29) is 17.4 Å². The summed E-state index contributed by atoms with van der Waals surface area (Å²) >= 11 is 1.84. The summed E-state index contributed by atoms with van der Waals surface area (Å²) in [6, 6.07) is 17.9. The smallest absolute Gasteiger partial charge is 0.270 e. The van der Waals surface area contributed by atoms with Crippen LogP contribution in [0, 0.1) is 19.8 Å². The summed E-state index contributed by atoms with van der Waals surface area (Å²) in [5, 5.41) is 2.98. The number of thiophene rings is 1. The molecule has 1 amide bonds. The highest BCUT2D eigenvalue weighted by atomic mass is 32.1. The molecule has 0 aliphatic carbocycles.